The number of amides is 2. The first-order valence-corrected chi connectivity index (χ1v) is 8.10. The monoisotopic (exact) mass is 339 g/mol. The van der Waals surface area contributed by atoms with Crippen LogP contribution in [-0.2, 0) is 9.53 Å². The summed E-state index contributed by atoms with van der Waals surface area (Å²) in [6, 6.07) is 6.09. The molecular formula is C16H22ClN3O3. The lowest BCUT2D eigenvalue weighted by Gasteiger charge is -2.26. The Morgan fingerprint density at radius 2 is 1.78 bits per heavy atom. The minimum Gasteiger partial charge on any atom is -0.381 e. The number of halogens is 1. The number of rotatable bonds is 6. The van der Waals surface area contributed by atoms with Gasteiger partial charge >= 0.3 is 0 Å². The normalized spacial score (nSPS) is 16.6. The first-order chi connectivity index (χ1) is 11.1. The van der Waals surface area contributed by atoms with E-state index in [1.807, 2.05) is 0 Å². The number of nitrogens with two attached hydrogens (primary N) is 1. The highest BCUT2D eigenvalue weighted by Gasteiger charge is 2.26. The molecular weight excluding hydrogens is 318 g/mol. The van der Waals surface area contributed by atoms with E-state index in [1.54, 1.807) is 24.3 Å². The molecule has 0 aliphatic carbocycles. The average molecular weight is 340 g/mol. The lowest BCUT2D eigenvalue weighted by atomic mass is 9.92. The minimum absolute atomic E-state index is 0.160. The smallest absolute Gasteiger partial charge is 0.251 e. The minimum atomic E-state index is -0.522. The van der Waals surface area contributed by atoms with E-state index in [-0.39, 0.29) is 17.7 Å². The number of hydrogen-bond acceptors (Lipinski definition) is 4. The molecule has 1 aliphatic heterocycles. The van der Waals surface area contributed by atoms with Crippen LogP contribution in [0.2, 0.25) is 5.02 Å². The second kappa shape index (κ2) is 8.86. The van der Waals surface area contributed by atoms with Crippen molar-refractivity contribution in [1.82, 2.24) is 10.6 Å². The molecule has 0 aromatic heterocycles. The van der Waals surface area contributed by atoms with E-state index in [2.05, 4.69) is 10.6 Å². The summed E-state index contributed by atoms with van der Waals surface area (Å²) in [6.07, 6.45) is 1.61. The SMILES string of the molecule is N[C@H](C(=O)NCCNC(=O)c1ccc(Cl)cc1)C1CCOCC1. The molecule has 0 unspecified atom stereocenters. The van der Waals surface area contributed by atoms with E-state index in [0.717, 1.165) is 12.8 Å². The van der Waals surface area contributed by atoms with Crippen molar-refractivity contribution in [3.63, 3.8) is 0 Å². The first kappa shape index (κ1) is 17.7. The Kier molecular flexibility index (Phi) is 6.83. The van der Waals surface area contributed by atoms with Crippen LogP contribution in [0.5, 0.6) is 0 Å². The van der Waals surface area contributed by atoms with Crippen LogP contribution in [0, 0.1) is 5.92 Å². The van der Waals surface area contributed by atoms with E-state index >= 15 is 0 Å². The van der Waals surface area contributed by atoms with Gasteiger partial charge in [-0.05, 0) is 43.0 Å². The van der Waals surface area contributed by atoms with Gasteiger partial charge in [-0.25, -0.2) is 0 Å². The zero-order valence-corrected chi connectivity index (χ0v) is 13.6. The fourth-order valence-electron chi connectivity index (χ4n) is 2.47. The Bertz CT molecular complexity index is 530. The van der Waals surface area contributed by atoms with Crippen LogP contribution in [0.3, 0.4) is 0 Å². The predicted octanol–water partition coefficient (Wildman–Crippen LogP) is 0.940. The summed E-state index contributed by atoms with van der Waals surface area (Å²) < 4.78 is 5.26. The molecule has 2 amide bonds. The molecule has 2 rings (SSSR count). The second-order valence-electron chi connectivity index (χ2n) is 5.53. The Morgan fingerprint density at radius 3 is 2.43 bits per heavy atom. The summed E-state index contributed by atoms with van der Waals surface area (Å²) in [5, 5.41) is 6.07. The van der Waals surface area contributed by atoms with E-state index in [4.69, 9.17) is 22.1 Å². The van der Waals surface area contributed by atoms with Gasteiger partial charge < -0.3 is 21.1 Å². The maximum atomic E-state index is 12.0. The molecule has 1 fully saturated rings. The molecule has 7 heteroatoms. The van der Waals surface area contributed by atoms with Crippen molar-refractivity contribution in [3.05, 3.63) is 34.9 Å². The van der Waals surface area contributed by atoms with Gasteiger partial charge in [0, 0.05) is 36.9 Å². The third kappa shape index (κ3) is 5.49. The number of nitrogens with one attached hydrogen (secondary N) is 2. The van der Waals surface area contributed by atoms with Gasteiger partial charge in [-0.2, -0.15) is 0 Å². The highest BCUT2D eigenvalue weighted by atomic mass is 35.5. The molecule has 0 saturated carbocycles. The van der Waals surface area contributed by atoms with Gasteiger partial charge in [0.25, 0.3) is 5.91 Å². The van der Waals surface area contributed by atoms with Crippen molar-refractivity contribution < 1.29 is 14.3 Å². The molecule has 1 aromatic rings. The number of carbonyl (C=O) groups is 2. The molecule has 0 spiro atoms. The average Bonchev–Trinajstić information content (AvgIpc) is 2.59. The maximum Gasteiger partial charge on any atom is 0.251 e. The van der Waals surface area contributed by atoms with Gasteiger partial charge in [-0.15, -0.1) is 0 Å². The standard InChI is InChI=1S/C16H22ClN3O3/c17-13-3-1-12(2-4-13)15(21)19-7-8-20-16(22)14(18)11-5-9-23-10-6-11/h1-4,11,14H,5-10,18H2,(H,19,21)(H,20,22)/t14-/m0/s1. The van der Waals surface area contributed by atoms with Crippen molar-refractivity contribution in [2.45, 2.75) is 18.9 Å². The van der Waals surface area contributed by atoms with Crippen LogP contribution in [0.1, 0.15) is 23.2 Å². The molecule has 0 radical (unpaired) electrons. The van der Waals surface area contributed by atoms with Crippen LogP contribution in [0.25, 0.3) is 0 Å². The number of benzene rings is 1. The van der Waals surface area contributed by atoms with E-state index in [0.29, 0.717) is 36.9 Å². The zero-order valence-electron chi connectivity index (χ0n) is 12.9. The number of ether oxygens (including phenoxy) is 1. The van der Waals surface area contributed by atoms with Gasteiger partial charge in [0.05, 0.1) is 6.04 Å². The quantitative estimate of drug-likeness (QED) is 0.672. The molecule has 0 bridgehead atoms. The molecule has 6 nitrogen and oxygen atoms in total. The lowest BCUT2D eigenvalue weighted by molar-refractivity contribution is -0.124. The molecule has 1 heterocycles. The van der Waals surface area contributed by atoms with Crippen LogP contribution in [-0.4, -0.2) is 44.2 Å². The molecule has 1 atom stereocenters. The van der Waals surface area contributed by atoms with Gasteiger partial charge in [0.2, 0.25) is 5.91 Å². The number of hydrogen-bond donors (Lipinski definition) is 3. The Hall–Kier alpha value is -1.63. The van der Waals surface area contributed by atoms with Crippen LogP contribution >= 0.6 is 11.6 Å². The van der Waals surface area contributed by atoms with Gasteiger partial charge in [0.1, 0.15) is 0 Å². The van der Waals surface area contributed by atoms with Gasteiger partial charge in [0.15, 0.2) is 0 Å². The number of carbonyl (C=O) groups excluding carboxylic acids is 2. The molecule has 4 N–H and O–H groups in total. The molecule has 1 aliphatic rings. The molecule has 126 valence electrons. The lowest BCUT2D eigenvalue weighted by Crippen LogP contribution is -2.48. The highest BCUT2D eigenvalue weighted by molar-refractivity contribution is 6.30. The fraction of sp³-hybridized carbons (Fsp3) is 0.500. The Labute approximate surface area is 140 Å². The first-order valence-electron chi connectivity index (χ1n) is 7.72. The molecule has 23 heavy (non-hydrogen) atoms. The third-order valence-corrected chi connectivity index (χ3v) is 4.14. The predicted molar refractivity (Wildman–Crippen MR) is 88.3 cm³/mol. The van der Waals surface area contributed by atoms with Crippen molar-refractivity contribution in [3.8, 4) is 0 Å². The van der Waals surface area contributed by atoms with Crippen LogP contribution in [0.15, 0.2) is 24.3 Å². The molecule has 1 aromatic carbocycles. The van der Waals surface area contributed by atoms with Crippen LogP contribution < -0.4 is 16.4 Å². The largest absolute Gasteiger partial charge is 0.381 e. The summed E-state index contributed by atoms with van der Waals surface area (Å²) in [5.74, 6) is -0.227. The van der Waals surface area contributed by atoms with Gasteiger partial charge in [-0.1, -0.05) is 11.6 Å². The van der Waals surface area contributed by atoms with Crippen molar-refractivity contribution in [2.24, 2.45) is 11.7 Å². The summed E-state index contributed by atoms with van der Waals surface area (Å²) in [6.45, 7) is 1.99. The van der Waals surface area contributed by atoms with E-state index < -0.39 is 6.04 Å². The Morgan fingerprint density at radius 1 is 1.17 bits per heavy atom. The zero-order chi connectivity index (χ0) is 16.7. The van der Waals surface area contributed by atoms with Gasteiger partial charge in [-0.3, -0.25) is 9.59 Å². The van der Waals surface area contributed by atoms with Crippen LogP contribution in [0.4, 0.5) is 0 Å². The fourth-order valence-corrected chi connectivity index (χ4v) is 2.60. The second-order valence-corrected chi connectivity index (χ2v) is 5.97. The summed E-state index contributed by atoms with van der Waals surface area (Å²) in [7, 11) is 0. The third-order valence-electron chi connectivity index (χ3n) is 3.89. The Balaban J connectivity index is 1.67. The maximum absolute atomic E-state index is 12.0. The summed E-state index contributed by atoms with van der Waals surface area (Å²) in [5.41, 5.74) is 6.50. The summed E-state index contributed by atoms with van der Waals surface area (Å²) in [4.78, 5) is 23.9. The molecule has 1 saturated heterocycles. The van der Waals surface area contributed by atoms with Crippen molar-refractivity contribution in [1.29, 1.82) is 0 Å². The highest BCUT2D eigenvalue weighted by Crippen LogP contribution is 2.17. The van der Waals surface area contributed by atoms with E-state index in [9.17, 15) is 9.59 Å². The van der Waals surface area contributed by atoms with Crippen molar-refractivity contribution in [2.75, 3.05) is 26.3 Å². The van der Waals surface area contributed by atoms with E-state index in [1.165, 1.54) is 0 Å². The summed E-state index contributed by atoms with van der Waals surface area (Å²) >= 11 is 5.77. The topological polar surface area (TPSA) is 93.5 Å². The van der Waals surface area contributed by atoms with Crippen molar-refractivity contribution >= 4 is 23.4 Å².